The van der Waals surface area contributed by atoms with Crippen LogP contribution >= 0.6 is 0 Å². The first-order valence-corrected chi connectivity index (χ1v) is 13.0. The van der Waals surface area contributed by atoms with Crippen molar-refractivity contribution in [3.63, 3.8) is 0 Å². The summed E-state index contributed by atoms with van der Waals surface area (Å²) < 4.78 is 7.22. The van der Waals surface area contributed by atoms with E-state index in [2.05, 4.69) is 36.4 Å². The number of aryl methyl sites for hydroxylation is 2. The summed E-state index contributed by atoms with van der Waals surface area (Å²) in [4.78, 5) is 31.8. The molecule has 4 heterocycles. The Labute approximate surface area is 229 Å². The normalized spacial score (nSPS) is 15.0. The highest BCUT2D eigenvalue weighted by molar-refractivity contribution is 5.85. The molecule has 3 aromatic heterocycles. The van der Waals surface area contributed by atoms with Crippen molar-refractivity contribution < 1.29 is 9.34 Å². The van der Waals surface area contributed by atoms with E-state index in [0.29, 0.717) is 49.9 Å². The number of H-pyrrole nitrogens is 1. The van der Waals surface area contributed by atoms with Gasteiger partial charge in [0.05, 0.1) is 16.7 Å². The average molecular weight is 541 g/mol. The lowest BCUT2D eigenvalue weighted by atomic mass is 9.99. The van der Waals surface area contributed by atoms with Crippen LogP contribution in [0.15, 0.2) is 70.1 Å². The van der Waals surface area contributed by atoms with Crippen LogP contribution in [0.1, 0.15) is 34.3 Å². The molecule has 0 saturated carbocycles. The smallest absolute Gasteiger partial charge is 0.269 e. The summed E-state index contributed by atoms with van der Waals surface area (Å²) >= 11 is 0. The monoisotopic (exact) mass is 540 g/mol. The number of non-ortho nitro benzene ring substituents is 1. The first-order valence-electron chi connectivity index (χ1n) is 13.0. The van der Waals surface area contributed by atoms with Gasteiger partial charge in [0.2, 0.25) is 0 Å². The first kappa shape index (κ1) is 25.4. The molecule has 1 saturated heterocycles. The first-order chi connectivity index (χ1) is 19.4. The molecule has 6 rings (SSSR count). The van der Waals surface area contributed by atoms with Crippen molar-refractivity contribution >= 4 is 22.3 Å². The zero-order chi connectivity index (χ0) is 27.8. The molecule has 1 atom stereocenters. The number of furan rings is 1. The van der Waals surface area contributed by atoms with Crippen LogP contribution in [-0.2, 0) is 6.54 Å². The number of hydrogen-bond acceptors (Lipinski definition) is 9. The Morgan fingerprint density at radius 1 is 1.05 bits per heavy atom. The van der Waals surface area contributed by atoms with Crippen LogP contribution in [0, 0.1) is 24.0 Å². The van der Waals surface area contributed by atoms with Crippen LogP contribution in [0.3, 0.4) is 0 Å². The van der Waals surface area contributed by atoms with Gasteiger partial charge in [0.1, 0.15) is 18.3 Å². The number of hydrogen-bond donors (Lipinski definition) is 1. The van der Waals surface area contributed by atoms with Crippen molar-refractivity contribution in [2.75, 3.05) is 31.1 Å². The molecule has 5 aromatic rings. The standard InChI is InChI=1S/C28H28N8O4/c1-18-5-6-19(2)25-23(18)16-24(28(37)29-25)26(27-30-31-32-35(27)17-22-4-3-15-40-22)34-13-11-33(12-14-34)20-7-9-21(10-8-20)36(38)39/h3-10,15-16,26H,11-14,17H2,1-2H3,(H,29,37)/t26-/m0/s1. The van der Waals surface area contributed by atoms with E-state index >= 15 is 0 Å². The Kier molecular flexibility index (Phi) is 6.60. The van der Waals surface area contributed by atoms with E-state index in [1.54, 1.807) is 23.1 Å². The lowest BCUT2D eigenvalue weighted by Crippen LogP contribution is -2.49. The van der Waals surface area contributed by atoms with Crippen LogP contribution in [-0.4, -0.2) is 61.2 Å². The zero-order valence-electron chi connectivity index (χ0n) is 22.1. The number of nitrogens with zero attached hydrogens (tertiary/aromatic N) is 7. The number of benzene rings is 2. The van der Waals surface area contributed by atoms with E-state index in [1.807, 2.05) is 38.1 Å². The molecule has 0 unspecified atom stereocenters. The summed E-state index contributed by atoms with van der Waals surface area (Å²) in [5, 5.41) is 24.6. The second kappa shape index (κ2) is 10.4. The summed E-state index contributed by atoms with van der Waals surface area (Å²) in [6.07, 6.45) is 1.60. The van der Waals surface area contributed by atoms with Gasteiger partial charge in [-0.2, -0.15) is 0 Å². The number of anilines is 1. The number of nitro groups is 1. The Bertz CT molecular complexity index is 1720. The summed E-state index contributed by atoms with van der Waals surface area (Å²) in [5.74, 6) is 1.25. The maximum Gasteiger partial charge on any atom is 0.269 e. The highest BCUT2D eigenvalue weighted by Gasteiger charge is 2.33. The fourth-order valence-corrected chi connectivity index (χ4v) is 5.39. The molecule has 0 amide bonds. The summed E-state index contributed by atoms with van der Waals surface area (Å²) in [5.41, 5.74) is 4.25. The second-order valence-electron chi connectivity index (χ2n) is 10.0. The third-order valence-electron chi connectivity index (χ3n) is 7.56. The van der Waals surface area contributed by atoms with E-state index in [4.69, 9.17) is 4.42 Å². The summed E-state index contributed by atoms with van der Waals surface area (Å²) in [7, 11) is 0. The maximum atomic E-state index is 13.6. The second-order valence-corrected chi connectivity index (χ2v) is 10.0. The Hall–Kier alpha value is -4.84. The molecule has 1 fully saturated rings. The van der Waals surface area contributed by atoms with Crippen LogP contribution < -0.4 is 10.5 Å². The number of fused-ring (bicyclic) bond motifs is 1. The molecule has 1 N–H and O–H groups in total. The van der Waals surface area contributed by atoms with Crippen molar-refractivity contribution in [2.24, 2.45) is 0 Å². The van der Waals surface area contributed by atoms with Crippen LogP contribution in [0.2, 0.25) is 0 Å². The van der Waals surface area contributed by atoms with E-state index < -0.39 is 11.0 Å². The highest BCUT2D eigenvalue weighted by atomic mass is 16.6. The minimum atomic E-state index is -0.503. The topological polar surface area (TPSA) is 139 Å². The SMILES string of the molecule is Cc1ccc(C)c2[nH]c(=O)c([C@@H](c3nnnn3Cc3ccco3)N3CCN(c4ccc([N+](=O)[O-])cc4)CC3)cc12. The fraction of sp³-hybridized carbons (Fsp3) is 0.286. The van der Waals surface area contributed by atoms with E-state index in [1.165, 1.54) is 12.1 Å². The molecule has 204 valence electrons. The Balaban J connectivity index is 1.37. The lowest BCUT2D eigenvalue weighted by molar-refractivity contribution is -0.384. The number of nitrogens with one attached hydrogen (secondary N) is 1. The largest absolute Gasteiger partial charge is 0.467 e. The number of aromatic nitrogens is 5. The molecule has 12 heteroatoms. The number of tetrazole rings is 1. The van der Waals surface area contributed by atoms with Gasteiger partial charge in [-0.3, -0.25) is 19.8 Å². The Morgan fingerprint density at radius 3 is 2.50 bits per heavy atom. The van der Waals surface area contributed by atoms with Gasteiger partial charge >= 0.3 is 0 Å². The molecule has 40 heavy (non-hydrogen) atoms. The van der Waals surface area contributed by atoms with Crippen LogP contribution in [0.5, 0.6) is 0 Å². The molecule has 12 nitrogen and oxygen atoms in total. The van der Waals surface area contributed by atoms with Gasteiger partial charge in [0.25, 0.3) is 11.2 Å². The molecular weight excluding hydrogens is 512 g/mol. The lowest BCUT2D eigenvalue weighted by Gasteiger charge is -2.39. The number of nitro benzene ring substituents is 1. The van der Waals surface area contributed by atoms with Crippen molar-refractivity contribution in [3.8, 4) is 0 Å². The molecule has 2 aromatic carbocycles. The van der Waals surface area contributed by atoms with Crippen molar-refractivity contribution in [1.82, 2.24) is 30.1 Å². The van der Waals surface area contributed by atoms with Gasteiger partial charge in [0, 0.05) is 54.9 Å². The zero-order valence-corrected chi connectivity index (χ0v) is 22.1. The van der Waals surface area contributed by atoms with Crippen LogP contribution in [0.25, 0.3) is 10.9 Å². The minimum absolute atomic E-state index is 0.0619. The van der Waals surface area contributed by atoms with Crippen molar-refractivity contribution in [1.29, 1.82) is 0 Å². The number of rotatable bonds is 7. The fourth-order valence-electron chi connectivity index (χ4n) is 5.39. The van der Waals surface area contributed by atoms with Gasteiger partial charge < -0.3 is 14.3 Å². The Morgan fingerprint density at radius 2 is 1.80 bits per heavy atom. The molecule has 0 spiro atoms. The third-order valence-corrected chi connectivity index (χ3v) is 7.56. The molecule has 0 bridgehead atoms. The quantitative estimate of drug-likeness (QED) is 0.242. The molecule has 0 radical (unpaired) electrons. The van der Waals surface area contributed by atoms with Crippen LogP contribution in [0.4, 0.5) is 11.4 Å². The van der Waals surface area contributed by atoms with Crippen molar-refractivity contribution in [3.05, 3.63) is 110 Å². The predicted molar refractivity (Wildman–Crippen MR) is 148 cm³/mol. The van der Waals surface area contributed by atoms with E-state index in [9.17, 15) is 14.9 Å². The predicted octanol–water partition coefficient (Wildman–Crippen LogP) is 3.59. The van der Waals surface area contributed by atoms with E-state index in [-0.39, 0.29) is 11.2 Å². The molecular formula is C28H28N8O4. The number of piperazine rings is 1. The van der Waals surface area contributed by atoms with Gasteiger partial charge in [-0.1, -0.05) is 12.1 Å². The van der Waals surface area contributed by atoms with Gasteiger partial charge in [-0.25, -0.2) is 4.68 Å². The maximum absolute atomic E-state index is 13.6. The summed E-state index contributed by atoms with van der Waals surface area (Å²) in [6, 6.07) is 15.8. The number of aromatic amines is 1. The number of pyridine rings is 1. The molecule has 1 aliphatic heterocycles. The van der Waals surface area contributed by atoms with Crippen molar-refractivity contribution in [2.45, 2.75) is 26.4 Å². The average Bonchev–Trinajstić information content (AvgIpc) is 3.65. The minimum Gasteiger partial charge on any atom is -0.467 e. The highest BCUT2D eigenvalue weighted by Crippen LogP contribution is 2.31. The molecule has 0 aliphatic carbocycles. The summed E-state index contributed by atoms with van der Waals surface area (Å²) in [6.45, 7) is 6.92. The van der Waals surface area contributed by atoms with Gasteiger partial charge in [-0.15, -0.1) is 5.10 Å². The molecule has 1 aliphatic rings. The third kappa shape index (κ3) is 4.73. The van der Waals surface area contributed by atoms with Gasteiger partial charge in [-0.05, 0) is 65.7 Å². The van der Waals surface area contributed by atoms with E-state index in [0.717, 1.165) is 27.7 Å². The van der Waals surface area contributed by atoms with Gasteiger partial charge in [0.15, 0.2) is 5.82 Å².